The number of thioether (sulfide) groups is 1. The van der Waals surface area contributed by atoms with Gasteiger partial charge in [-0.2, -0.15) is 16.9 Å². The average molecular weight is 1210 g/mol. The monoisotopic (exact) mass is 1210 g/mol. The first kappa shape index (κ1) is 65.6. The minimum atomic E-state index is -1.96. The van der Waals surface area contributed by atoms with Gasteiger partial charge in [-0.25, -0.2) is 37.8 Å². The molecule has 1 fully saturated rings. The predicted molar refractivity (Wildman–Crippen MR) is 315 cm³/mol. The van der Waals surface area contributed by atoms with Crippen LogP contribution in [-0.2, 0) is 29.0 Å². The molecule has 22 heteroatoms. The summed E-state index contributed by atoms with van der Waals surface area (Å²) in [6.45, 7) is 6.93. The van der Waals surface area contributed by atoms with Crippen molar-refractivity contribution in [1.29, 1.82) is 0 Å². The van der Waals surface area contributed by atoms with Gasteiger partial charge in [0.15, 0.2) is 5.82 Å². The van der Waals surface area contributed by atoms with Crippen molar-refractivity contribution in [3.05, 3.63) is 212 Å². The molecule has 0 unspecified atom stereocenters. The second-order valence-corrected chi connectivity index (χ2v) is 24.2. The first-order chi connectivity index (χ1) is 37.8. The number of carbonyl (C=O) groups excluding carboxylic acids is 1. The van der Waals surface area contributed by atoms with Crippen molar-refractivity contribution in [2.45, 2.75) is 88.7 Å². The van der Waals surface area contributed by atoms with Gasteiger partial charge in [0.1, 0.15) is 40.0 Å². The van der Waals surface area contributed by atoms with Gasteiger partial charge in [-0.15, -0.1) is 0 Å². The Balaban J connectivity index is 0.000000223. The number of carboxylic acid groups (broad SMARTS) is 1. The maximum atomic E-state index is 14.4. The molecule has 12 nitrogen and oxygen atoms in total. The summed E-state index contributed by atoms with van der Waals surface area (Å²) in [6, 6.07) is 29.2. The van der Waals surface area contributed by atoms with Crippen LogP contribution < -0.4 is 34.7 Å². The summed E-state index contributed by atoms with van der Waals surface area (Å²) >= 11 is 13.2. The molecule has 0 radical (unpaired) electrons. The molecule has 0 saturated heterocycles. The molecule has 0 spiro atoms. The fourth-order valence-corrected chi connectivity index (χ4v) is 13.6. The van der Waals surface area contributed by atoms with Crippen LogP contribution in [0.3, 0.4) is 0 Å². The Morgan fingerprint density at radius 2 is 1.68 bits per heavy atom. The summed E-state index contributed by atoms with van der Waals surface area (Å²) in [5.41, 5.74) is 4.83. The average Bonchev–Trinajstić information content (AvgIpc) is 3.92. The van der Waals surface area contributed by atoms with Gasteiger partial charge in [-0.3, -0.25) is 9.97 Å². The normalized spacial score (nSPS) is 14.0. The Labute approximate surface area is 534 Å². The van der Waals surface area contributed by atoms with Gasteiger partial charge in [0.2, 0.25) is 0 Å². The van der Waals surface area contributed by atoms with Gasteiger partial charge in [-0.05, 0) is 122 Å². The third-order valence-corrected chi connectivity index (χ3v) is 18.8. The number of hydrogen-bond donors (Lipinski definition) is 2. The molecule has 10 rings (SSSR count). The number of halogens is 4. The molecule has 1 aliphatic rings. The Morgan fingerprint density at radius 3 is 2.35 bits per heavy atom. The molecule has 9 aromatic rings. The topological polar surface area (TPSA) is 176 Å². The molecule has 5 heterocycles. The van der Waals surface area contributed by atoms with Gasteiger partial charge in [0.25, 0.3) is 0 Å². The zero-order valence-corrected chi connectivity index (χ0v) is 50.5. The van der Waals surface area contributed by atoms with Crippen LogP contribution in [0.5, 0.6) is 0 Å². The van der Waals surface area contributed by atoms with Gasteiger partial charge in [0.05, 0.1) is 52.0 Å². The predicted octanol–water partition coefficient (Wildman–Crippen LogP) is 9.45. The Morgan fingerprint density at radius 1 is 0.901 bits per heavy atom. The Kier molecular flexibility index (Phi) is 24.1. The van der Waals surface area contributed by atoms with E-state index < -0.39 is 40.5 Å². The number of carboxylic acids is 1. The van der Waals surface area contributed by atoms with E-state index in [1.807, 2.05) is 87.1 Å². The molecule has 0 amide bonds. The van der Waals surface area contributed by atoms with Crippen LogP contribution in [0.15, 0.2) is 141 Å². The quantitative estimate of drug-likeness (QED) is 0.0473. The van der Waals surface area contributed by atoms with E-state index in [9.17, 15) is 33.3 Å². The molecular weight excluding hydrogens is 1150 g/mol. The van der Waals surface area contributed by atoms with E-state index in [0.717, 1.165) is 109 Å². The van der Waals surface area contributed by atoms with Crippen LogP contribution in [0.2, 0.25) is 5.02 Å². The van der Waals surface area contributed by atoms with Gasteiger partial charge < -0.3 is 20.1 Å². The number of benzene rings is 4. The summed E-state index contributed by atoms with van der Waals surface area (Å²) in [5, 5.41) is 39.2. The molecule has 0 bridgehead atoms. The van der Waals surface area contributed by atoms with Crippen molar-refractivity contribution in [1.82, 2.24) is 39.7 Å². The van der Waals surface area contributed by atoms with E-state index in [-0.39, 0.29) is 94.0 Å². The van der Waals surface area contributed by atoms with Crippen molar-refractivity contribution in [2.75, 3.05) is 5.75 Å². The molecule has 5 aromatic heterocycles. The molecular formula is C59H56ClF3N8Na2O4S4. The summed E-state index contributed by atoms with van der Waals surface area (Å²) in [6.07, 6.45) is 17.6. The first-order valence-electron chi connectivity index (χ1n) is 25.1. The second kappa shape index (κ2) is 29.8. The van der Waals surface area contributed by atoms with E-state index in [1.165, 1.54) is 29.8 Å². The van der Waals surface area contributed by atoms with Crippen LogP contribution in [-0.4, -0.2) is 91.2 Å². The fourth-order valence-electron chi connectivity index (χ4n) is 9.02. The second-order valence-electron chi connectivity index (χ2n) is 19.8. The zero-order chi connectivity index (χ0) is 56.3. The van der Waals surface area contributed by atoms with E-state index in [4.69, 9.17) is 28.8 Å². The number of aryl methyl sites for hydroxylation is 1. The van der Waals surface area contributed by atoms with Gasteiger partial charge in [0, 0.05) is 51.6 Å². The number of nitrogens with zero attached hydrogens (tertiary/aromatic N) is 8. The van der Waals surface area contributed by atoms with Gasteiger partial charge >= 0.3 is 59.1 Å². The summed E-state index contributed by atoms with van der Waals surface area (Å²) in [7, 11) is 3.28. The minimum absolute atomic E-state index is 0. The van der Waals surface area contributed by atoms with Crippen LogP contribution in [0, 0.1) is 33.6 Å². The first-order valence-corrected chi connectivity index (χ1v) is 29.1. The summed E-state index contributed by atoms with van der Waals surface area (Å²) in [5.74, 6) is -3.64. The molecule has 1 aliphatic carbocycles. The molecule has 81 heavy (non-hydrogen) atoms. The van der Waals surface area contributed by atoms with Crippen molar-refractivity contribution in [3.8, 4) is 10.6 Å². The van der Waals surface area contributed by atoms with E-state index >= 15 is 0 Å². The number of hydrogen-bond acceptors (Lipinski definition) is 15. The summed E-state index contributed by atoms with van der Waals surface area (Å²) in [4.78, 5) is 36.7. The molecule has 4 aromatic carbocycles. The van der Waals surface area contributed by atoms with Crippen molar-refractivity contribution in [2.24, 2.45) is 5.41 Å². The maximum absolute atomic E-state index is 14.4. The standard InChI is InChI=1S/C35H36ClNO3S.C16H14F3N5O.C8H6N2S3.2Na.H/c1-34(2,40)30-9-4-3-7-25(30)13-17-32(41-23-35(18-19-35)22-33(38)39)27-8-5-6-24(20-27)10-15-29-16-12-26-11-14-28(36)21-31(26)37-29;1-10(15-14(19)5-20-7-22-15)16(25,6-24-9-21-8-23-24)12-3-2-11(17)4-13(12)18;1-5-7(12-13-8(5)11)6-4-9-2-3-10-6;;;/h3-12,14-16,20-21,32,40H,13,17-19,22-23H2,1-2H3,(H,38,39);2-5,7-10,25H,6H2,1H3;2-4H,1H3;;;/q;;;;+1;/p-1/b15-10+;;;;;/t32-;10-,16+;;;;/m10..../s1. The van der Waals surface area contributed by atoms with Crippen LogP contribution >= 0.6 is 56.3 Å². The van der Waals surface area contributed by atoms with Crippen molar-refractivity contribution >= 4 is 115 Å². The molecule has 3 atom stereocenters. The van der Waals surface area contributed by atoms with E-state index in [2.05, 4.69) is 66.4 Å². The molecule has 2 N–H and O–H groups in total. The SMILES string of the molecule is CC(C)(O)c1ccccc1CC[C@@H](SCC1(CC(=O)[O-])CC1)c1cccc(/C=C/c2ccc3ccc(Cl)cc3n2)c1.C[C@@H](c1ncncc1F)[C@](O)(Cn1cncn1)c1ccc(F)cc1F.Cc1c(-c2cnccn2)ssc1=S.[Na+].[NaH]. The van der Waals surface area contributed by atoms with Crippen molar-refractivity contribution < 1.29 is 62.8 Å². The molecule has 410 valence electrons. The summed E-state index contributed by atoms with van der Waals surface area (Å²) < 4.78 is 44.0. The number of aliphatic hydroxyl groups is 2. The number of fused-ring (bicyclic) bond motifs is 1. The van der Waals surface area contributed by atoms with Crippen LogP contribution in [0.25, 0.3) is 33.6 Å². The van der Waals surface area contributed by atoms with Crippen molar-refractivity contribution in [3.63, 3.8) is 0 Å². The fraction of sp³-hybridized carbons (Fsp3) is 0.271. The third-order valence-electron chi connectivity index (χ3n) is 13.6. The third kappa shape index (κ3) is 17.7. The Bertz CT molecular complexity index is 3630. The molecule has 1 saturated carbocycles. The Hall–Kier alpha value is -4.58. The number of aromatic nitrogens is 8. The van der Waals surface area contributed by atoms with E-state index in [0.29, 0.717) is 11.1 Å². The van der Waals surface area contributed by atoms with E-state index in [1.54, 1.807) is 39.3 Å². The van der Waals surface area contributed by atoms with Crippen LogP contribution in [0.4, 0.5) is 13.2 Å². The number of carbonyl (C=O) groups is 1. The zero-order valence-electron chi connectivity index (χ0n) is 44.5. The van der Waals surface area contributed by atoms with Gasteiger partial charge in [-0.1, -0.05) is 124 Å². The molecule has 0 aliphatic heterocycles. The number of pyridine rings is 1. The number of aliphatic carboxylic acids is 1. The number of rotatable bonds is 18. The van der Waals surface area contributed by atoms with Crippen LogP contribution in [0.1, 0.15) is 102 Å².